The molecular formula is C15H22O3. The fourth-order valence-electron chi connectivity index (χ4n) is 2.92. The van der Waals surface area contributed by atoms with Crippen molar-refractivity contribution >= 4 is 0 Å². The molecule has 1 aliphatic rings. The van der Waals surface area contributed by atoms with Gasteiger partial charge in [-0.25, -0.2) is 0 Å². The van der Waals surface area contributed by atoms with Crippen LogP contribution in [0.15, 0.2) is 6.07 Å². The van der Waals surface area contributed by atoms with E-state index >= 15 is 0 Å². The van der Waals surface area contributed by atoms with Crippen molar-refractivity contribution in [1.82, 2.24) is 0 Å². The summed E-state index contributed by atoms with van der Waals surface area (Å²) in [7, 11) is 1.71. The van der Waals surface area contributed by atoms with Gasteiger partial charge in [-0.2, -0.15) is 0 Å². The lowest BCUT2D eigenvalue weighted by Gasteiger charge is -2.43. The fraction of sp³-hybridized carbons (Fsp3) is 0.600. The average Bonchev–Trinajstić information content (AvgIpc) is 2.29. The van der Waals surface area contributed by atoms with Gasteiger partial charge in [-0.1, -0.05) is 6.07 Å². The van der Waals surface area contributed by atoms with E-state index in [1.54, 1.807) is 7.11 Å². The highest BCUT2D eigenvalue weighted by Crippen LogP contribution is 2.41. The SMILES string of the molecule is COc1c(C)cc(C2(CCO)COC2)c(C)c1C. The van der Waals surface area contributed by atoms with Crippen molar-refractivity contribution in [3.8, 4) is 5.75 Å². The maximum absolute atomic E-state index is 9.28. The molecule has 0 saturated carbocycles. The Morgan fingerprint density at radius 2 is 1.94 bits per heavy atom. The summed E-state index contributed by atoms with van der Waals surface area (Å²) in [5, 5.41) is 9.28. The van der Waals surface area contributed by atoms with Gasteiger partial charge in [0.1, 0.15) is 5.75 Å². The largest absolute Gasteiger partial charge is 0.496 e. The first-order chi connectivity index (χ1) is 8.55. The van der Waals surface area contributed by atoms with E-state index in [1.807, 2.05) is 0 Å². The lowest BCUT2D eigenvalue weighted by atomic mass is 9.73. The summed E-state index contributed by atoms with van der Waals surface area (Å²) >= 11 is 0. The minimum Gasteiger partial charge on any atom is -0.496 e. The molecule has 1 saturated heterocycles. The lowest BCUT2D eigenvalue weighted by Crippen LogP contribution is -2.48. The zero-order chi connectivity index (χ0) is 13.3. The fourth-order valence-corrected chi connectivity index (χ4v) is 2.92. The highest BCUT2D eigenvalue weighted by Gasteiger charge is 2.41. The Kier molecular flexibility index (Phi) is 3.64. The summed E-state index contributed by atoms with van der Waals surface area (Å²) in [5.41, 5.74) is 4.91. The maximum atomic E-state index is 9.28. The van der Waals surface area contributed by atoms with E-state index in [-0.39, 0.29) is 12.0 Å². The molecule has 3 heteroatoms. The standard InChI is InChI=1S/C15H22O3/c1-10-7-13(11(2)12(3)14(10)17-4)15(5-6-16)8-18-9-15/h7,16H,5-6,8-9H2,1-4H3. The molecule has 1 N–H and O–H groups in total. The zero-order valence-electron chi connectivity index (χ0n) is 11.7. The van der Waals surface area contributed by atoms with E-state index in [1.165, 1.54) is 16.7 Å². The molecule has 0 aromatic heterocycles. The molecule has 18 heavy (non-hydrogen) atoms. The van der Waals surface area contributed by atoms with Crippen LogP contribution in [-0.2, 0) is 10.2 Å². The Hall–Kier alpha value is -1.06. The van der Waals surface area contributed by atoms with Crippen molar-refractivity contribution in [2.24, 2.45) is 0 Å². The Morgan fingerprint density at radius 1 is 1.28 bits per heavy atom. The van der Waals surface area contributed by atoms with E-state index in [0.717, 1.165) is 17.7 Å². The molecule has 1 aliphatic heterocycles. The number of methoxy groups -OCH3 is 1. The van der Waals surface area contributed by atoms with Crippen LogP contribution in [0.5, 0.6) is 5.75 Å². The quantitative estimate of drug-likeness (QED) is 0.891. The number of rotatable bonds is 4. The van der Waals surface area contributed by atoms with Gasteiger partial charge < -0.3 is 14.6 Å². The number of aliphatic hydroxyl groups excluding tert-OH is 1. The predicted octanol–water partition coefficient (Wildman–Crippen LogP) is 2.27. The molecule has 0 spiro atoms. The van der Waals surface area contributed by atoms with Crippen LogP contribution in [0.1, 0.15) is 28.7 Å². The van der Waals surface area contributed by atoms with E-state index in [0.29, 0.717) is 13.2 Å². The minimum absolute atomic E-state index is 0.000620. The lowest BCUT2D eigenvalue weighted by molar-refractivity contribution is -0.0704. The monoisotopic (exact) mass is 250 g/mol. The topological polar surface area (TPSA) is 38.7 Å². The molecule has 0 unspecified atom stereocenters. The summed E-state index contributed by atoms with van der Waals surface area (Å²) in [4.78, 5) is 0. The van der Waals surface area contributed by atoms with Crippen LogP contribution in [0.3, 0.4) is 0 Å². The van der Waals surface area contributed by atoms with Gasteiger partial charge in [-0.3, -0.25) is 0 Å². The molecule has 0 bridgehead atoms. The van der Waals surface area contributed by atoms with Crippen molar-refractivity contribution in [3.05, 3.63) is 28.3 Å². The van der Waals surface area contributed by atoms with Crippen molar-refractivity contribution < 1.29 is 14.6 Å². The number of hydrogen-bond donors (Lipinski definition) is 1. The van der Waals surface area contributed by atoms with Gasteiger partial charge in [0.15, 0.2) is 0 Å². The highest BCUT2D eigenvalue weighted by molar-refractivity contribution is 5.52. The molecule has 0 aliphatic carbocycles. The Bertz CT molecular complexity index is 448. The van der Waals surface area contributed by atoms with E-state index < -0.39 is 0 Å². The van der Waals surface area contributed by atoms with Gasteiger partial charge in [0.2, 0.25) is 0 Å². The van der Waals surface area contributed by atoms with Crippen LogP contribution in [0.2, 0.25) is 0 Å². The molecule has 2 rings (SSSR count). The Balaban J connectivity index is 2.51. The Morgan fingerprint density at radius 3 is 2.39 bits per heavy atom. The second-order valence-electron chi connectivity index (χ2n) is 5.27. The van der Waals surface area contributed by atoms with E-state index in [2.05, 4.69) is 26.8 Å². The van der Waals surface area contributed by atoms with E-state index in [4.69, 9.17) is 9.47 Å². The third-order valence-electron chi connectivity index (χ3n) is 4.15. The summed E-state index contributed by atoms with van der Waals surface area (Å²) in [6, 6.07) is 2.19. The van der Waals surface area contributed by atoms with Crippen molar-refractivity contribution in [2.75, 3.05) is 26.9 Å². The molecule has 0 atom stereocenters. The number of benzene rings is 1. The molecule has 100 valence electrons. The summed E-state index contributed by atoms with van der Waals surface area (Å²) in [6.07, 6.45) is 0.763. The summed E-state index contributed by atoms with van der Waals surface area (Å²) < 4.78 is 10.8. The zero-order valence-corrected chi connectivity index (χ0v) is 11.7. The van der Waals surface area contributed by atoms with Crippen LogP contribution in [0, 0.1) is 20.8 Å². The number of aryl methyl sites for hydroxylation is 1. The second-order valence-corrected chi connectivity index (χ2v) is 5.27. The van der Waals surface area contributed by atoms with Gasteiger partial charge in [0.25, 0.3) is 0 Å². The van der Waals surface area contributed by atoms with Crippen molar-refractivity contribution in [1.29, 1.82) is 0 Å². The highest BCUT2D eigenvalue weighted by atomic mass is 16.5. The third-order valence-corrected chi connectivity index (χ3v) is 4.15. The predicted molar refractivity (Wildman–Crippen MR) is 71.4 cm³/mol. The Labute approximate surface area is 109 Å². The molecule has 1 aromatic rings. The first kappa shape index (κ1) is 13.4. The maximum Gasteiger partial charge on any atom is 0.124 e. The normalized spacial score (nSPS) is 17.4. The van der Waals surface area contributed by atoms with Crippen LogP contribution < -0.4 is 4.74 Å². The third kappa shape index (κ3) is 1.91. The minimum atomic E-state index is 0.000620. The average molecular weight is 250 g/mol. The van der Waals surface area contributed by atoms with Gasteiger partial charge in [-0.05, 0) is 49.4 Å². The van der Waals surface area contributed by atoms with Crippen LogP contribution >= 0.6 is 0 Å². The second kappa shape index (κ2) is 4.90. The summed E-state index contributed by atoms with van der Waals surface area (Å²) in [6.45, 7) is 7.91. The first-order valence-electron chi connectivity index (χ1n) is 6.39. The van der Waals surface area contributed by atoms with Crippen molar-refractivity contribution in [2.45, 2.75) is 32.6 Å². The van der Waals surface area contributed by atoms with E-state index in [9.17, 15) is 5.11 Å². The number of hydrogen-bond acceptors (Lipinski definition) is 3. The smallest absolute Gasteiger partial charge is 0.124 e. The summed E-state index contributed by atoms with van der Waals surface area (Å²) in [5.74, 6) is 0.968. The molecular weight excluding hydrogens is 228 g/mol. The van der Waals surface area contributed by atoms with Gasteiger partial charge >= 0.3 is 0 Å². The number of aliphatic hydroxyl groups is 1. The van der Waals surface area contributed by atoms with Crippen LogP contribution in [-0.4, -0.2) is 32.0 Å². The molecule has 1 heterocycles. The van der Waals surface area contributed by atoms with Gasteiger partial charge in [0.05, 0.1) is 20.3 Å². The molecule has 0 amide bonds. The van der Waals surface area contributed by atoms with Crippen LogP contribution in [0.25, 0.3) is 0 Å². The van der Waals surface area contributed by atoms with Crippen molar-refractivity contribution in [3.63, 3.8) is 0 Å². The molecule has 0 radical (unpaired) electrons. The van der Waals surface area contributed by atoms with Crippen LogP contribution in [0.4, 0.5) is 0 Å². The molecule has 3 nitrogen and oxygen atoms in total. The van der Waals surface area contributed by atoms with Gasteiger partial charge in [0, 0.05) is 12.0 Å². The molecule has 1 aromatic carbocycles. The molecule has 1 fully saturated rings. The first-order valence-corrected chi connectivity index (χ1v) is 6.39. The van der Waals surface area contributed by atoms with Gasteiger partial charge in [-0.15, -0.1) is 0 Å². The number of ether oxygens (including phenoxy) is 2.